The Morgan fingerprint density at radius 3 is 2.57 bits per heavy atom. The van der Waals surface area contributed by atoms with Gasteiger partial charge in [0.1, 0.15) is 11.4 Å². The molecule has 0 aliphatic rings. The minimum Gasteiger partial charge on any atom is -0.384 e. The lowest BCUT2D eigenvalue weighted by Crippen LogP contribution is -2.38. The largest absolute Gasteiger partial charge is 0.384 e. The molecule has 0 aromatic heterocycles. The molecule has 0 aliphatic heterocycles. The number of aliphatic hydroxyl groups is 1. The summed E-state index contributed by atoms with van der Waals surface area (Å²) in [4.78, 5) is 12.0. The van der Waals surface area contributed by atoms with E-state index in [0.717, 1.165) is 5.56 Å². The first-order valence-electron chi connectivity index (χ1n) is 6.72. The van der Waals surface area contributed by atoms with Gasteiger partial charge in [-0.15, -0.1) is 0 Å². The second kappa shape index (κ2) is 6.06. The average molecular weight is 287 g/mol. The molecule has 1 amide bonds. The Morgan fingerprint density at radius 1 is 1.24 bits per heavy atom. The van der Waals surface area contributed by atoms with Gasteiger partial charge in [-0.25, -0.2) is 4.39 Å². The molecule has 0 saturated carbocycles. The zero-order chi connectivity index (χ0) is 15.5. The van der Waals surface area contributed by atoms with E-state index in [9.17, 15) is 14.3 Å². The summed E-state index contributed by atoms with van der Waals surface area (Å²) in [6.45, 7) is 3.40. The maximum Gasteiger partial charge on any atom is 0.254 e. The van der Waals surface area contributed by atoms with Gasteiger partial charge in [0.15, 0.2) is 0 Å². The van der Waals surface area contributed by atoms with E-state index < -0.39 is 17.3 Å². The van der Waals surface area contributed by atoms with Crippen molar-refractivity contribution in [2.45, 2.75) is 19.4 Å². The van der Waals surface area contributed by atoms with Crippen molar-refractivity contribution in [2.75, 3.05) is 6.54 Å². The second-order valence-electron chi connectivity index (χ2n) is 5.31. The molecule has 4 heteroatoms. The third kappa shape index (κ3) is 3.67. The number of carbonyl (C=O) groups is 1. The van der Waals surface area contributed by atoms with Gasteiger partial charge in [0, 0.05) is 0 Å². The highest BCUT2D eigenvalue weighted by molar-refractivity contribution is 5.94. The standard InChI is InChI=1S/C17H18FNO2/c1-12-8-9-15(18)14(10-12)16(20)19-11-17(2,21)13-6-4-3-5-7-13/h3-10,21H,11H2,1-2H3,(H,19,20). The van der Waals surface area contributed by atoms with Crippen LogP contribution in [0.15, 0.2) is 48.5 Å². The zero-order valence-corrected chi connectivity index (χ0v) is 12.1. The molecule has 21 heavy (non-hydrogen) atoms. The molecule has 110 valence electrons. The lowest BCUT2D eigenvalue weighted by atomic mass is 9.96. The van der Waals surface area contributed by atoms with Crippen LogP contribution in [0.4, 0.5) is 4.39 Å². The van der Waals surface area contributed by atoms with Crippen molar-refractivity contribution in [3.05, 3.63) is 71.0 Å². The van der Waals surface area contributed by atoms with Crippen LogP contribution in [0, 0.1) is 12.7 Å². The summed E-state index contributed by atoms with van der Waals surface area (Å²) in [5.74, 6) is -1.11. The number of hydrogen-bond donors (Lipinski definition) is 2. The molecule has 3 nitrogen and oxygen atoms in total. The number of halogens is 1. The van der Waals surface area contributed by atoms with E-state index >= 15 is 0 Å². The third-order valence-electron chi connectivity index (χ3n) is 3.36. The van der Waals surface area contributed by atoms with E-state index in [0.29, 0.717) is 5.56 Å². The number of carbonyl (C=O) groups excluding carboxylic acids is 1. The molecule has 0 heterocycles. The fourth-order valence-corrected chi connectivity index (χ4v) is 2.06. The number of nitrogens with one attached hydrogen (secondary N) is 1. The number of hydrogen-bond acceptors (Lipinski definition) is 2. The predicted molar refractivity (Wildman–Crippen MR) is 79.5 cm³/mol. The summed E-state index contributed by atoms with van der Waals surface area (Å²) in [5.41, 5.74) is 0.266. The van der Waals surface area contributed by atoms with E-state index in [1.165, 1.54) is 12.1 Å². The van der Waals surface area contributed by atoms with Gasteiger partial charge in [-0.05, 0) is 31.5 Å². The number of amides is 1. The van der Waals surface area contributed by atoms with Gasteiger partial charge < -0.3 is 10.4 Å². The highest BCUT2D eigenvalue weighted by Crippen LogP contribution is 2.19. The Bertz CT molecular complexity index is 638. The van der Waals surface area contributed by atoms with Gasteiger partial charge in [0.25, 0.3) is 5.91 Å². The quantitative estimate of drug-likeness (QED) is 0.908. The maximum atomic E-state index is 13.6. The molecule has 0 saturated heterocycles. The van der Waals surface area contributed by atoms with Crippen molar-refractivity contribution in [2.24, 2.45) is 0 Å². The summed E-state index contributed by atoms with van der Waals surface area (Å²) in [7, 11) is 0. The fourth-order valence-electron chi connectivity index (χ4n) is 2.06. The monoisotopic (exact) mass is 287 g/mol. The van der Waals surface area contributed by atoms with Crippen molar-refractivity contribution >= 4 is 5.91 Å². The highest BCUT2D eigenvalue weighted by atomic mass is 19.1. The molecule has 0 fully saturated rings. The van der Waals surface area contributed by atoms with Gasteiger partial charge in [-0.1, -0.05) is 42.0 Å². The number of benzene rings is 2. The van der Waals surface area contributed by atoms with Crippen LogP contribution in [0.1, 0.15) is 28.4 Å². The predicted octanol–water partition coefficient (Wildman–Crippen LogP) is 2.77. The topological polar surface area (TPSA) is 49.3 Å². The molecular formula is C17H18FNO2. The SMILES string of the molecule is Cc1ccc(F)c(C(=O)NCC(C)(O)c2ccccc2)c1. The van der Waals surface area contributed by atoms with Crippen LogP contribution >= 0.6 is 0 Å². The van der Waals surface area contributed by atoms with Gasteiger partial charge in [-0.3, -0.25) is 4.79 Å². The molecule has 2 rings (SSSR count). The Morgan fingerprint density at radius 2 is 1.90 bits per heavy atom. The minimum absolute atomic E-state index is 0.00320. The second-order valence-corrected chi connectivity index (χ2v) is 5.31. The average Bonchev–Trinajstić information content (AvgIpc) is 2.48. The minimum atomic E-state index is -1.21. The van der Waals surface area contributed by atoms with Crippen molar-refractivity contribution < 1.29 is 14.3 Å². The highest BCUT2D eigenvalue weighted by Gasteiger charge is 2.24. The first kappa shape index (κ1) is 15.2. The first-order chi connectivity index (χ1) is 9.90. The molecule has 0 spiro atoms. The first-order valence-corrected chi connectivity index (χ1v) is 6.72. The van der Waals surface area contributed by atoms with Crippen molar-refractivity contribution in [1.29, 1.82) is 0 Å². The summed E-state index contributed by atoms with van der Waals surface area (Å²) in [6, 6.07) is 13.4. The zero-order valence-electron chi connectivity index (χ0n) is 12.1. The van der Waals surface area contributed by atoms with Crippen molar-refractivity contribution in [3.63, 3.8) is 0 Å². The summed E-state index contributed by atoms with van der Waals surface area (Å²) < 4.78 is 13.6. The Hall–Kier alpha value is -2.20. The van der Waals surface area contributed by atoms with Gasteiger partial charge >= 0.3 is 0 Å². The van der Waals surface area contributed by atoms with Gasteiger partial charge in [0.05, 0.1) is 12.1 Å². The summed E-state index contributed by atoms with van der Waals surface area (Å²) in [5, 5.41) is 13.0. The van der Waals surface area contributed by atoms with Crippen LogP contribution in [-0.2, 0) is 5.60 Å². The molecule has 2 aromatic carbocycles. The molecule has 0 radical (unpaired) electrons. The van der Waals surface area contributed by atoms with Crippen LogP contribution in [0.25, 0.3) is 0 Å². The smallest absolute Gasteiger partial charge is 0.254 e. The molecule has 2 N–H and O–H groups in total. The van der Waals surface area contributed by atoms with Crippen molar-refractivity contribution in [3.8, 4) is 0 Å². The fraction of sp³-hybridized carbons (Fsp3) is 0.235. The lowest BCUT2D eigenvalue weighted by Gasteiger charge is -2.24. The van der Waals surface area contributed by atoms with Gasteiger partial charge in [0.2, 0.25) is 0 Å². The number of aryl methyl sites for hydroxylation is 1. The van der Waals surface area contributed by atoms with Crippen molar-refractivity contribution in [1.82, 2.24) is 5.32 Å². The van der Waals surface area contributed by atoms with E-state index in [4.69, 9.17) is 0 Å². The summed E-state index contributed by atoms with van der Waals surface area (Å²) in [6.07, 6.45) is 0. The normalized spacial score (nSPS) is 13.5. The lowest BCUT2D eigenvalue weighted by molar-refractivity contribution is 0.0525. The Kier molecular flexibility index (Phi) is 4.38. The molecular weight excluding hydrogens is 269 g/mol. The molecule has 0 bridgehead atoms. The van der Waals surface area contributed by atoms with E-state index in [1.54, 1.807) is 32.0 Å². The van der Waals surface area contributed by atoms with Crippen LogP contribution in [-0.4, -0.2) is 17.6 Å². The van der Waals surface area contributed by atoms with E-state index in [-0.39, 0.29) is 12.1 Å². The van der Waals surface area contributed by atoms with Crippen LogP contribution in [0.3, 0.4) is 0 Å². The van der Waals surface area contributed by atoms with Crippen LogP contribution in [0.2, 0.25) is 0 Å². The molecule has 1 atom stereocenters. The van der Waals surface area contributed by atoms with E-state index in [2.05, 4.69) is 5.32 Å². The van der Waals surface area contributed by atoms with Gasteiger partial charge in [-0.2, -0.15) is 0 Å². The maximum absolute atomic E-state index is 13.6. The molecule has 2 aromatic rings. The Balaban J connectivity index is 2.09. The van der Waals surface area contributed by atoms with E-state index in [1.807, 2.05) is 18.2 Å². The van der Waals surface area contributed by atoms with Crippen LogP contribution < -0.4 is 5.32 Å². The molecule has 0 aliphatic carbocycles. The molecule has 1 unspecified atom stereocenters. The number of rotatable bonds is 4. The third-order valence-corrected chi connectivity index (χ3v) is 3.36. The van der Waals surface area contributed by atoms with Crippen LogP contribution in [0.5, 0.6) is 0 Å². The summed E-state index contributed by atoms with van der Waals surface area (Å²) >= 11 is 0. The Labute approximate surface area is 123 Å².